The molecule has 0 aliphatic rings. The first-order valence-electron chi connectivity index (χ1n) is 6.62. The molecule has 0 unspecified atom stereocenters. The molecule has 0 aliphatic heterocycles. The molecule has 6 heteroatoms. The number of carbonyl (C=O) groups is 1. The first-order valence-corrected chi connectivity index (χ1v) is 6.62. The zero-order valence-corrected chi connectivity index (χ0v) is 11.8. The predicted octanol–water partition coefficient (Wildman–Crippen LogP) is 2.31. The lowest BCUT2D eigenvalue weighted by Gasteiger charge is -2.04. The number of aromatic carboxylic acids is 1. The molecule has 2 aromatic rings. The van der Waals surface area contributed by atoms with Crippen LogP contribution in [0.3, 0.4) is 0 Å². The maximum Gasteiger partial charge on any atom is 0.340 e. The van der Waals surface area contributed by atoms with Gasteiger partial charge in [-0.1, -0.05) is 18.2 Å². The zero-order chi connectivity index (χ0) is 15.1. The molecule has 2 rings (SSSR count). The van der Waals surface area contributed by atoms with Crippen molar-refractivity contribution >= 4 is 16.9 Å². The van der Waals surface area contributed by atoms with Gasteiger partial charge in [-0.3, -0.25) is 0 Å². The summed E-state index contributed by atoms with van der Waals surface area (Å²) in [6.07, 6.45) is 0. The highest BCUT2D eigenvalue weighted by atomic mass is 16.5. The normalized spacial score (nSPS) is 11.1. The number of furan rings is 1. The van der Waals surface area contributed by atoms with Gasteiger partial charge in [0.15, 0.2) is 0 Å². The molecular formula is C15H18O6. The SMILES string of the molecule is COCCOCCOCc1oc2ccccc2c1C(=O)O. The van der Waals surface area contributed by atoms with Crippen molar-refractivity contribution in [3.8, 4) is 0 Å². The number of methoxy groups -OCH3 is 1. The number of benzene rings is 1. The molecule has 1 N–H and O–H groups in total. The van der Waals surface area contributed by atoms with Crippen LogP contribution >= 0.6 is 0 Å². The monoisotopic (exact) mass is 294 g/mol. The molecule has 0 aliphatic carbocycles. The van der Waals surface area contributed by atoms with E-state index in [1.807, 2.05) is 0 Å². The topological polar surface area (TPSA) is 78.1 Å². The number of hydrogen-bond donors (Lipinski definition) is 1. The Morgan fingerprint density at radius 2 is 1.86 bits per heavy atom. The minimum Gasteiger partial charge on any atom is -0.478 e. The summed E-state index contributed by atoms with van der Waals surface area (Å²) in [4.78, 5) is 11.3. The summed E-state index contributed by atoms with van der Waals surface area (Å²) in [7, 11) is 1.61. The highest BCUT2D eigenvalue weighted by Crippen LogP contribution is 2.26. The van der Waals surface area contributed by atoms with E-state index in [0.29, 0.717) is 43.2 Å². The predicted molar refractivity (Wildman–Crippen MR) is 75.5 cm³/mol. The van der Waals surface area contributed by atoms with Gasteiger partial charge in [0, 0.05) is 12.5 Å². The van der Waals surface area contributed by atoms with Crippen LogP contribution in [0, 0.1) is 0 Å². The van der Waals surface area contributed by atoms with Gasteiger partial charge in [0.25, 0.3) is 0 Å². The summed E-state index contributed by atoms with van der Waals surface area (Å²) in [5.41, 5.74) is 0.704. The van der Waals surface area contributed by atoms with Gasteiger partial charge in [-0.15, -0.1) is 0 Å². The fraction of sp³-hybridized carbons (Fsp3) is 0.400. The Balaban J connectivity index is 1.92. The van der Waals surface area contributed by atoms with E-state index < -0.39 is 5.97 Å². The third kappa shape index (κ3) is 4.04. The van der Waals surface area contributed by atoms with E-state index in [1.54, 1.807) is 31.4 Å². The Morgan fingerprint density at radius 1 is 1.14 bits per heavy atom. The quantitative estimate of drug-likeness (QED) is 0.715. The van der Waals surface area contributed by atoms with Crippen LogP contribution in [-0.2, 0) is 20.8 Å². The van der Waals surface area contributed by atoms with Crippen molar-refractivity contribution in [2.45, 2.75) is 6.61 Å². The fourth-order valence-corrected chi connectivity index (χ4v) is 1.96. The third-order valence-electron chi connectivity index (χ3n) is 2.92. The van der Waals surface area contributed by atoms with Gasteiger partial charge in [-0.2, -0.15) is 0 Å². The van der Waals surface area contributed by atoms with E-state index >= 15 is 0 Å². The molecular weight excluding hydrogens is 276 g/mol. The first kappa shape index (κ1) is 15.5. The largest absolute Gasteiger partial charge is 0.478 e. The fourth-order valence-electron chi connectivity index (χ4n) is 1.96. The van der Waals surface area contributed by atoms with Crippen LogP contribution in [0.25, 0.3) is 11.0 Å². The number of fused-ring (bicyclic) bond motifs is 1. The van der Waals surface area contributed by atoms with Crippen molar-refractivity contribution in [1.29, 1.82) is 0 Å². The lowest BCUT2D eigenvalue weighted by molar-refractivity contribution is 0.0160. The van der Waals surface area contributed by atoms with Crippen molar-refractivity contribution in [2.75, 3.05) is 33.5 Å². The van der Waals surface area contributed by atoms with Crippen LogP contribution in [0.1, 0.15) is 16.1 Å². The molecule has 0 saturated heterocycles. The van der Waals surface area contributed by atoms with Gasteiger partial charge in [0.1, 0.15) is 23.5 Å². The maximum absolute atomic E-state index is 11.3. The van der Waals surface area contributed by atoms with Crippen molar-refractivity contribution < 1.29 is 28.5 Å². The third-order valence-corrected chi connectivity index (χ3v) is 2.92. The summed E-state index contributed by atoms with van der Waals surface area (Å²) in [5.74, 6) is -0.699. The van der Waals surface area contributed by atoms with Crippen molar-refractivity contribution in [2.24, 2.45) is 0 Å². The Hall–Kier alpha value is -1.89. The number of hydrogen-bond acceptors (Lipinski definition) is 5. The number of carboxylic acid groups (broad SMARTS) is 1. The number of rotatable bonds is 9. The van der Waals surface area contributed by atoms with E-state index in [1.165, 1.54) is 0 Å². The summed E-state index contributed by atoms with van der Waals surface area (Å²) in [6.45, 7) is 1.92. The standard InChI is InChI=1S/C15H18O6/c1-18-6-7-19-8-9-20-10-13-14(15(16)17)11-4-2-3-5-12(11)21-13/h2-5H,6-10H2,1H3,(H,16,17). The highest BCUT2D eigenvalue weighted by Gasteiger charge is 2.19. The van der Waals surface area contributed by atoms with Crippen molar-refractivity contribution in [1.82, 2.24) is 0 Å². The second-order valence-corrected chi connectivity index (χ2v) is 4.36. The molecule has 1 aromatic heterocycles. The molecule has 0 spiro atoms. The van der Waals surface area contributed by atoms with Gasteiger partial charge in [0.2, 0.25) is 0 Å². The van der Waals surface area contributed by atoms with Crippen LogP contribution in [0.4, 0.5) is 0 Å². The minimum atomic E-state index is -1.02. The Morgan fingerprint density at radius 3 is 2.62 bits per heavy atom. The van der Waals surface area contributed by atoms with Crippen LogP contribution in [0.5, 0.6) is 0 Å². The van der Waals surface area contributed by atoms with E-state index in [0.717, 1.165) is 0 Å². The summed E-state index contributed by atoms with van der Waals surface area (Å²) < 4.78 is 21.0. The second kappa shape index (κ2) is 7.78. The average molecular weight is 294 g/mol. The molecule has 0 fully saturated rings. The molecule has 21 heavy (non-hydrogen) atoms. The molecule has 1 heterocycles. The average Bonchev–Trinajstić information content (AvgIpc) is 2.84. The van der Waals surface area contributed by atoms with Crippen molar-refractivity contribution in [3.63, 3.8) is 0 Å². The molecule has 114 valence electrons. The molecule has 0 saturated carbocycles. The van der Waals surface area contributed by atoms with Gasteiger partial charge < -0.3 is 23.7 Å². The highest BCUT2D eigenvalue weighted by molar-refractivity contribution is 6.03. The Labute approximate surface area is 122 Å². The molecule has 0 radical (unpaired) electrons. The zero-order valence-electron chi connectivity index (χ0n) is 11.8. The van der Waals surface area contributed by atoms with E-state index in [9.17, 15) is 9.90 Å². The number of carboxylic acids is 1. The summed E-state index contributed by atoms with van der Waals surface area (Å²) >= 11 is 0. The van der Waals surface area contributed by atoms with Crippen LogP contribution in [0.15, 0.2) is 28.7 Å². The van der Waals surface area contributed by atoms with Gasteiger partial charge >= 0.3 is 5.97 Å². The lowest BCUT2D eigenvalue weighted by Crippen LogP contribution is -2.09. The van der Waals surface area contributed by atoms with Gasteiger partial charge in [-0.05, 0) is 6.07 Å². The van der Waals surface area contributed by atoms with E-state index in [4.69, 9.17) is 18.6 Å². The molecule has 6 nitrogen and oxygen atoms in total. The molecule has 0 bridgehead atoms. The van der Waals surface area contributed by atoms with Gasteiger partial charge in [-0.25, -0.2) is 4.79 Å². The van der Waals surface area contributed by atoms with E-state index in [2.05, 4.69) is 0 Å². The summed E-state index contributed by atoms with van der Waals surface area (Å²) in [6, 6.07) is 7.03. The smallest absolute Gasteiger partial charge is 0.340 e. The number of para-hydroxylation sites is 1. The van der Waals surface area contributed by atoms with Crippen LogP contribution in [0.2, 0.25) is 0 Å². The molecule has 0 atom stereocenters. The summed E-state index contributed by atoms with van der Waals surface area (Å²) in [5, 5.41) is 9.88. The lowest BCUT2D eigenvalue weighted by atomic mass is 10.1. The van der Waals surface area contributed by atoms with Gasteiger partial charge in [0.05, 0.1) is 26.4 Å². The van der Waals surface area contributed by atoms with Crippen molar-refractivity contribution in [3.05, 3.63) is 35.6 Å². The molecule has 0 amide bonds. The molecule has 1 aromatic carbocycles. The van der Waals surface area contributed by atoms with Crippen LogP contribution < -0.4 is 0 Å². The Kier molecular flexibility index (Phi) is 5.74. The second-order valence-electron chi connectivity index (χ2n) is 4.36. The number of ether oxygens (including phenoxy) is 3. The maximum atomic E-state index is 11.3. The van der Waals surface area contributed by atoms with E-state index in [-0.39, 0.29) is 12.2 Å². The first-order chi connectivity index (χ1) is 10.2. The van der Waals surface area contributed by atoms with Crippen LogP contribution in [-0.4, -0.2) is 44.6 Å². The Bertz CT molecular complexity index is 589. The minimum absolute atomic E-state index is 0.101.